The fraction of sp³-hybridized carbons (Fsp3) is 0.900. The number of allylic oxidation sites excluding steroid dienone is 2. The van der Waals surface area contributed by atoms with E-state index in [1.54, 1.807) is 0 Å². The molecule has 0 spiro atoms. The summed E-state index contributed by atoms with van der Waals surface area (Å²) in [5.41, 5.74) is 1.51. The van der Waals surface area contributed by atoms with Crippen LogP contribution in [0.3, 0.4) is 0 Å². The lowest BCUT2D eigenvalue weighted by Crippen LogP contribution is -2.65. The smallest absolute Gasteiger partial charge is 0.310 e. The first-order valence-corrected chi connectivity index (χ1v) is 13.9. The predicted octanol–water partition coefficient (Wildman–Crippen LogP) is 8.01. The number of hydrogen-bond donors (Lipinski definition) is 1. The van der Waals surface area contributed by atoms with E-state index in [9.17, 15) is 14.8 Å². The van der Waals surface area contributed by atoms with Gasteiger partial charge in [0.05, 0.1) is 11.5 Å². The standard InChI is InChI=1S/C30H47NO3/c1-25(2)14-16-30(24(32)33)17-15-28(6)19(20(30)18-25)8-9-22-27(5)12-11-23(31-34)26(3,4)21(27)10-13-29(22,28)7/h8,20-23H,9-18H2,1-7H3,(H,32,33)/t20?,21?,22?,23-,27-,28+,29+,30-/m0/s1. The number of hydrogen-bond acceptors (Lipinski definition) is 3. The Balaban J connectivity index is 1.59. The van der Waals surface area contributed by atoms with Crippen LogP contribution in [0.25, 0.3) is 0 Å². The molecule has 5 aliphatic rings. The fourth-order valence-electron chi connectivity index (χ4n) is 10.8. The highest BCUT2D eigenvalue weighted by atomic mass is 16.4. The van der Waals surface area contributed by atoms with E-state index in [1.165, 1.54) is 12.0 Å². The summed E-state index contributed by atoms with van der Waals surface area (Å²) >= 11 is 0. The summed E-state index contributed by atoms with van der Waals surface area (Å²) < 4.78 is 0. The Morgan fingerprint density at radius 1 is 0.912 bits per heavy atom. The van der Waals surface area contributed by atoms with Crippen LogP contribution in [-0.4, -0.2) is 17.1 Å². The van der Waals surface area contributed by atoms with Gasteiger partial charge in [-0.1, -0.05) is 65.3 Å². The van der Waals surface area contributed by atoms with Crippen LogP contribution < -0.4 is 0 Å². The summed E-state index contributed by atoms with van der Waals surface area (Å²) in [4.78, 5) is 24.5. The molecule has 4 fully saturated rings. The first-order chi connectivity index (χ1) is 15.7. The second-order valence-electron chi connectivity index (χ2n) is 15.2. The van der Waals surface area contributed by atoms with Crippen molar-refractivity contribution in [3.8, 4) is 0 Å². The summed E-state index contributed by atoms with van der Waals surface area (Å²) in [7, 11) is 0. The molecule has 0 radical (unpaired) electrons. The molecule has 4 heteroatoms. The molecular formula is C30H47NO3. The van der Waals surface area contributed by atoms with Crippen LogP contribution in [0.1, 0.15) is 113 Å². The van der Waals surface area contributed by atoms with Gasteiger partial charge in [-0.2, -0.15) is 4.91 Å². The fourth-order valence-corrected chi connectivity index (χ4v) is 10.8. The van der Waals surface area contributed by atoms with Crippen molar-refractivity contribution in [3.05, 3.63) is 16.6 Å². The molecule has 0 aliphatic heterocycles. The number of nitrogens with zero attached hydrogens (tertiary/aromatic N) is 1. The molecule has 3 unspecified atom stereocenters. The molecule has 5 aliphatic carbocycles. The monoisotopic (exact) mass is 469 g/mol. The highest BCUT2D eigenvalue weighted by Crippen LogP contribution is 2.75. The van der Waals surface area contributed by atoms with Gasteiger partial charge in [-0.3, -0.25) is 4.79 Å². The zero-order valence-corrected chi connectivity index (χ0v) is 22.7. The minimum absolute atomic E-state index is 0.0562. The summed E-state index contributed by atoms with van der Waals surface area (Å²) in [5, 5.41) is 14.1. The maximum absolute atomic E-state index is 12.8. The maximum atomic E-state index is 12.8. The quantitative estimate of drug-likeness (QED) is 0.329. The van der Waals surface area contributed by atoms with E-state index in [0.29, 0.717) is 11.8 Å². The highest BCUT2D eigenvalue weighted by molar-refractivity contribution is 5.76. The van der Waals surface area contributed by atoms with Crippen molar-refractivity contribution >= 4 is 5.97 Å². The van der Waals surface area contributed by atoms with E-state index in [4.69, 9.17) is 0 Å². The van der Waals surface area contributed by atoms with Gasteiger partial charge < -0.3 is 5.11 Å². The molecule has 0 heterocycles. The molecule has 0 aromatic heterocycles. The van der Waals surface area contributed by atoms with E-state index in [2.05, 4.69) is 59.7 Å². The Labute approximate surface area is 206 Å². The lowest BCUT2D eigenvalue weighted by molar-refractivity contribution is -0.190. The summed E-state index contributed by atoms with van der Waals surface area (Å²) in [6.45, 7) is 16.9. The van der Waals surface area contributed by atoms with Gasteiger partial charge in [0, 0.05) is 0 Å². The third-order valence-corrected chi connectivity index (χ3v) is 13.2. The van der Waals surface area contributed by atoms with Crippen LogP contribution >= 0.6 is 0 Å². The average molecular weight is 470 g/mol. The Morgan fingerprint density at radius 2 is 1.59 bits per heavy atom. The van der Waals surface area contributed by atoms with Crippen LogP contribution in [0.5, 0.6) is 0 Å². The van der Waals surface area contributed by atoms with Crippen LogP contribution in [-0.2, 0) is 4.79 Å². The second-order valence-corrected chi connectivity index (χ2v) is 15.2. The molecule has 0 saturated heterocycles. The van der Waals surface area contributed by atoms with Gasteiger partial charge in [-0.25, -0.2) is 0 Å². The molecule has 0 amide bonds. The lowest BCUT2D eigenvalue weighted by atomic mass is 9.33. The van der Waals surface area contributed by atoms with Crippen molar-refractivity contribution in [2.45, 2.75) is 119 Å². The van der Waals surface area contributed by atoms with Crippen molar-refractivity contribution in [3.63, 3.8) is 0 Å². The first kappa shape index (κ1) is 24.5. The molecular weight excluding hydrogens is 422 g/mol. The van der Waals surface area contributed by atoms with E-state index in [1.807, 2.05) is 0 Å². The van der Waals surface area contributed by atoms with Gasteiger partial charge in [-0.15, -0.1) is 0 Å². The van der Waals surface area contributed by atoms with E-state index < -0.39 is 11.4 Å². The number of carboxylic acid groups (broad SMARTS) is 1. The van der Waals surface area contributed by atoms with Gasteiger partial charge in [0.25, 0.3) is 0 Å². The van der Waals surface area contributed by atoms with Crippen molar-refractivity contribution in [2.24, 2.45) is 55.4 Å². The molecule has 5 rings (SSSR count). The molecule has 0 bridgehead atoms. The Kier molecular flexibility index (Phi) is 5.18. The second kappa shape index (κ2) is 7.19. The third kappa shape index (κ3) is 2.86. The predicted molar refractivity (Wildman–Crippen MR) is 136 cm³/mol. The van der Waals surface area contributed by atoms with Crippen molar-refractivity contribution < 1.29 is 9.90 Å². The Morgan fingerprint density at radius 3 is 2.24 bits per heavy atom. The molecule has 4 nitrogen and oxygen atoms in total. The van der Waals surface area contributed by atoms with Gasteiger partial charge in [0.2, 0.25) is 0 Å². The number of carboxylic acids is 1. The minimum atomic E-state index is -0.569. The zero-order valence-electron chi connectivity index (χ0n) is 22.7. The maximum Gasteiger partial charge on any atom is 0.310 e. The number of fused-ring (bicyclic) bond motifs is 7. The molecule has 0 aromatic carbocycles. The Bertz CT molecular complexity index is 935. The molecule has 1 N–H and O–H groups in total. The van der Waals surface area contributed by atoms with Gasteiger partial charge in [0.1, 0.15) is 0 Å². The molecule has 34 heavy (non-hydrogen) atoms. The van der Waals surface area contributed by atoms with Crippen LogP contribution in [0.2, 0.25) is 0 Å². The lowest BCUT2D eigenvalue weighted by Gasteiger charge is -2.71. The molecule has 0 aromatic rings. The van der Waals surface area contributed by atoms with E-state index >= 15 is 0 Å². The highest BCUT2D eigenvalue weighted by Gasteiger charge is 2.69. The van der Waals surface area contributed by atoms with Crippen LogP contribution in [0.15, 0.2) is 16.8 Å². The van der Waals surface area contributed by atoms with Gasteiger partial charge in [0.15, 0.2) is 0 Å². The molecule has 190 valence electrons. The topological polar surface area (TPSA) is 66.7 Å². The minimum Gasteiger partial charge on any atom is -0.481 e. The Hall–Kier alpha value is -1.19. The van der Waals surface area contributed by atoms with Gasteiger partial charge in [-0.05, 0) is 109 Å². The van der Waals surface area contributed by atoms with Crippen LogP contribution in [0, 0.1) is 55.2 Å². The number of aliphatic carboxylic acids is 1. The average Bonchev–Trinajstić information content (AvgIpc) is 2.73. The number of carbonyl (C=O) groups is 1. The van der Waals surface area contributed by atoms with Crippen molar-refractivity contribution in [1.82, 2.24) is 0 Å². The zero-order chi connectivity index (χ0) is 24.9. The van der Waals surface area contributed by atoms with E-state index in [-0.39, 0.29) is 39.0 Å². The van der Waals surface area contributed by atoms with Crippen LogP contribution in [0.4, 0.5) is 0 Å². The van der Waals surface area contributed by atoms with E-state index in [0.717, 1.165) is 57.8 Å². The largest absolute Gasteiger partial charge is 0.481 e. The SMILES string of the molecule is CC1(C)CC[C@]2(C(=O)O)CC[C@]3(C)C(=CCC4[C@@]5(C)CC[C@H](N=O)C(C)(C)C5CC[C@]43C)C2C1. The van der Waals surface area contributed by atoms with Gasteiger partial charge >= 0.3 is 5.97 Å². The van der Waals surface area contributed by atoms with Crippen molar-refractivity contribution in [1.29, 1.82) is 0 Å². The summed E-state index contributed by atoms with van der Waals surface area (Å²) in [6, 6.07) is -0.0736. The molecule has 8 atom stereocenters. The summed E-state index contributed by atoms with van der Waals surface area (Å²) in [6.07, 6.45) is 12.6. The first-order valence-electron chi connectivity index (χ1n) is 13.9. The molecule has 4 saturated carbocycles. The summed E-state index contributed by atoms with van der Waals surface area (Å²) in [5.74, 6) is 0.708. The normalized spacial score (nSPS) is 51.1. The van der Waals surface area contributed by atoms with Crippen molar-refractivity contribution in [2.75, 3.05) is 0 Å². The third-order valence-electron chi connectivity index (χ3n) is 13.2. The number of rotatable bonds is 2. The number of nitroso groups, excluding NO2 is 1.